The molecule has 3 rings (SSSR count). The molecule has 2 nitrogen and oxygen atoms in total. The summed E-state index contributed by atoms with van der Waals surface area (Å²) in [7, 11) is 0. The van der Waals surface area contributed by atoms with Crippen LogP contribution in [0.1, 0.15) is 15.2 Å². The van der Waals surface area contributed by atoms with E-state index in [1.54, 1.807) is 41.9 Å². The lowest BCUT2D eigenvalue weighted by atomic mass is 10.1. The topological polar surface area (TPSA) is 30.0 Å². The first kappa shape index (κ1) is 14.3. The van der Waals surface area contributed by atoms with Gasteiger partial charge in [-0.05, 0) is 24.3 Å². The molecule has 0 bridgehead atoms. The largest absolute Gasteiger partial charge is 0.288 e. The number of carbonyl (C=O) groups excluding carboxylic acids is 1. The molecular weight excluding hydrogens is 325 g/mol. The maximum absolute atomic E-state index is 12.7. The maximum Gasteiger partial charge on any atom is 0.206 e. The second-order valence-electron chi connectivity index (χ2n) is 4.35. The van der Waals surface area contributed by atoms with Crippen LogP contribution in [-0.2, 0) is 0 Å². The lowest BCUT2D eigenvalue weighted by Crippen LogP contribution is -2.01. The highest BCUT2D eigenvalue weighted by Gasteiger charge is 2.19. The van der Waals surface area contributed by atoms with Gasteiger partial charge < -0.3 is 0 Å². The number of carbonyl (C=O) groups is 1. The molecule has 2 aromatic carbocycles. The number of benzene rings is 2. The van der Waals surface area contributed by atoms with Gasteiger partial charge in [-0.1, -0.05) is 47.5 Å². The van der Waals surface area contributed by atoms with Gasteiger partial charge in [0.2, 0.25) is 5.78 Å². The average molecular weight is 334 g/mol. The molecule has 104 valence electrons. The van der Waals surface area contributed by atoms with Crippen LogP contribution in [-0.4, -0.2) is 10.8 Å². The van der Waals surface area contributed by atoms with Crippen LogP contribution in [0.3, 0.4) is 0 Å². The van der Waals surface area contributed by atoms with Crippen molar-refractivity contribution in [3.8, 4) is 11.3 Å². The zero-order valence-electron chi connectivity index (χ0n) is 10.7. The van der Waals surface area contributed by atoms with E-state index in [-0.39, 0.29) is 5.78 Å². The van der Waals surface area contributed by atoms with Crippen LogP contribution in [0.15, 0.2) is 54.0 Å². The third-order valence-corrected chi connectivity index (χ3v) is 4.38. The Morgan fingerprint density at radius 1 is 1.05 bits per heavy atom. The summed E-state index contributed by atoms with van der Waals surface area (Å²) in [5.41, 5.74) is 3.58. The normalized spacial score (nSPS) is 10.6. The Hall–Kier alpha value is -1.68. The fourth-order valence-electron chi connectivity index (χ4n) is 2.02. The fourth-order valence-corrected chi connectivity index (χ4v) is 3.19. The summed E-state index contributed by atoms with van der Waals surface area (Å²) in [6.45, 7) is 0. The van der Waals surface area contributed by atoms with E-state index in [9.17, 15) is 4.79 Å². The highest BCUT2D eigenvalue weighted by atomic mass is 35.5. The summed E-state index contributed by atoms with van der Waals surface area (Å²) in [6.07, 6.45) is 0. The zero-order chi connectivity index (χ0) is 14.8. The van der Waals surface area contributed by atoms with Gasteiger partial charge in [-0.25, -0.2) is 4.98 Å². The first-order valence-corrected chi connectivity index (χ1v) is 7.79. The van der Waals surface area contributed by atoms with Crippen molar-refractivity contribution in [2.75, 3.05) is 0 Å². The molecule has 0 radical (unpaired) electrons. The van der Waals surface area contributed by atoms with Gasteiger partial charge in [0.1, 0.15) is 4.88 Å². The molecule has 0 N–H and O–H groups in total. The van der Waals surface area contributed by atoms with E-state index in [1.165, 1.54) is 11.3 Å². The van der Waals surface area contributed by atoms with E-state index in [0.29, 0.717) is 26.2 Å². The molecule has 0 saturated heterocycles. The molecular formula is C16H9Cl2NOS. The van der Waals surface area contributed by atoms with Gasteiger partial charge in [0.25, 0.3) is 0 Å². The first-order valence-electron chi connectivity index (χ1n) is 6.15. The van der Waals surface area contributed by atoms with Gasteiger partial charge in [-0.3, -0.25) is 4.79 Å². The molecule has 5 heteroatoms. The first-order chi connectivity index (χ1) is 10.2. The Morgan fingerprint density at radius 2 is 1.86 bits per heavy atom. The van der Waals surface area contributed by atoms with Gasteiger partial charge in [-0.2, -0.15) is 0 Å². The monoisotopic (exact) mass is 333 g/mol. The van der Waals surface area contributed by atoms with Crippen LogP contribution in [0, 0.1) is 0 Å². The van der Waals surface area contributed by atoms with Crippen molar-refractivity contribution >= 4 is 40.3 Å². The number of hydrogen-bond donors (Lipinski definition) is 0. The summed E-state index contributed by atoms with van der Waals surface area (Å²) < 4.78 is 0. The molecule has 0 saturated carbocycles. The van der Waals surface area contributed by atoms with Crippen molar-refractivity contribution in [3.05, 3.63) is 74.5 Å². The van der Waals surface area contributed by atoms with Crippen molar-refractivity contribution in [2.24, 2.45) is 0 Å². The number of nitrogens with zero attached hydrogens (tertiary/aromatic N) is 1. The molecule has 1 heterocycles. The van der Waals surface area contributed by atoms with Crippen LogP contribution in [0.4, 0.5) is 0 Å². The van der Waals surface area contributed by atoms with Gasteiger partial charge in [0.05, 0.1) is 16.2 Å². The van der Waals surface area contributed by atoms with Crippen LogP contribution < -0.4 is 0 Å². The number of rotatable bonds is 3. The molecule has 0 aliphatic heterocycles. The highest BCUT2D eigenvalue weighted by molar-refractivity contribution is 7.12. The highest BCUT2D eigenvalue weighted by Crippen LogP contribution is 2.30. The van der Waals surface area contributed by atoms with Crippen molar-refractivity contribution in [1.29, 1.82) is 0 Å². The zero-order valence-corrected chi connectivity index (χ0v) is 13.0. The molecule has 0 unspecified atom stereocenters. The van der Waals surface area contributed by atoms with E-state index in [0.717, 1.165) is 5.56 Å². The lowest BCUT2D eigenvalue weighted by Gasteiger charge is -2.04. The smallest absolute Gasteiger partial charge is 0.206 e. The molecule has 3 aromatic rings. The number of ketones is 1. The van der Waals surface area contributed by atoms with Gasteiger partial charge in [-0.15, -0.1) is 11.3 Å². The molecule has 21 heavy (non-hydrogen) atoms. The molecule has 0 spiro atoms. The summed E-state index contributed by atoms with van der Waals surface area (Å²) in [5.74, 6) is -0.127. The van der Waals surface area contributed by atoms with Crippen LogP contribution in [0.25, 0.3) is 11.3 Å². The minimum absolute atomic E-state index is 0.127. The van der Waals surface area contributed by atoms with E-state index >= 15 is 0 Å². The summed E-state index contributed by atoms with van der Waals surface area (Å²) in [5, 5.41) is 1.05. The number of thiazole rings is 1. The number of halogens is 2. The predicted molar refractivity (Wildman–Crippen MR) is 87.4 cm³/mol. The van der Waals surface area contributed by atoms with Crippen molar-refractivity contribution in [1.82, 2.24) is 4.98 Å². The SMILES string of the molecule is O=C(c1ccccc1Cl)c1scnc1-c1cccc(Cl)c1. The third kappa shape index (κ3) is 2.86. The second kappa shape index (κ2) is 5.98. The van der Waals surface area contributed by atoms with E-state index in [4.69, 9.17) is 23.2 Å². The molecule has 0 amide bonds. The number of aromatic nitrogens is 1. The van der Waals surface area contributed by atoms with Crippen molar-refractivity contribution < 1.29 is 4.79 Å². The van der Waals surface area contributed by atoms with E-state index < -0.39 is 0 Å². The van der Waals surface area contributed by atoms with Crippen LogP contribution in [0.2, 0.25) is 10.0 Å². The Morgan fingerprint density at radius 3 is 2.62 bits per heavy atom. The van der Waals surface area contributed by atoms with E-state index in [1.807, 2.05) is 12.1 Å². The maximum atomic E-state index is 12.7. The molecule has 1 aromatic heterocycles. The minimum atomic E-state index is -0.127. The Labute approximate surface area is 136 Å². The average Bonchev–Trinajstić information content (AvgIpc) is 2.96. The minimum Gasteiger partial charge on any atom is -0.288 e. The third-order valence-electron chi connectivity index (χ3n) is 2.99. The summed E-state index contributed by atoms with van der Waals surface area (Å²) in [4.78, 5) is 17.5. The second-order valence-corrected chi connectivity index (χ2v) is 6.05. The molecule has 0 aliphatic rings. The van der Waals surface area contributed by atoms with Crippen molar-refractivity contribution in [3.63, 3.8) is 0 Å². The van der Waals surface area contributed by atoms with Crippen molar-refractivity contribution in [2.45, 2.75) is 0 Å². The lowest BCUT2D eigenvalue weighted by molar-refractivity contribution is 0.104. The van der Waals surface area contributed by atoms with Gasteiger partial charge >= 0.3 is 0 Å². The predicted octanol–water partition coefficient (Wildman–Crippen LogP) is 5.35. The Balaban J connectivity index is 2.08. The van der Waals surface area contributed by atoms with Gasteiger partial charge in [0.15, 0.2) is 0 Å². The van der Waals surface area contributed by atoms with Crippen LogP contribution >= 0.6 is 34.5 Å². The quantitative estimate of drug-likeness (QED) is 0.605. The fraction of sp³-hybridized carbons (Fsp3) is 0. The van der Waals surface area contributed by atoms with E-state index in [2.05, 4.69) is 4.98 Å². The molecule has 0 aliphatic carbocycles. The summed E-state index contributed by atoms with van der Waals surface area (Å²) in [6, 6.07) is 14.3. The van der Waals surface area contributed by atoms with Crippen LogP contribution in [0.5, 0.6) is 0 Å². The molecule has 0 fully saturated rings. The molecule has 0 atom stereocenters. The van der Waals surface area contributed by atoms with Gasteiger partial charge in [0, 0.05) is 16.1 Å². The number of hydrogen-bond acceptors (Lipinski definition) is 3. The summed E-state index contributed by atoms with van der Waals surface area (Å²) >= 11 is 13.4. The Kier molecular flexibility index (Phi) is 4.06. The Bertz CT molecular complexity index is 813. The standard InChI is InChI=1S/C16H9Cl2NOS/c17-11-5-3-4-10(8-11)14-16(21-9-19-14)15(20)12-6-1-2-7-13(12)18/h1-9H.